The van der Waals surface area contributed by atoms with Gasteiger partial charge in [-0.2, -0.15) is 5.10 Å². The summed E-state index contributed by atoms with van der Waals surface area (Å²) in [6.45, 7) is 2.02. The molecule has 0 aliphatic carbocycles. The molecule has 5 nitrogen and oxygen atoms in total. The topological polar surface area (TPSA) is 53.9 Å². The van der Waals surface area contributed by atoms with Gasteiger partial charge in [-0.25, -0.2) is 0 Å². The normalized spacial score (nSPS) is 20.4. The molecule has 1 unspecified atom stereocenters. The van der Waals surface area contributed by atoms with Crippen LogP contribution in [-0.4, -0.2) is 21.4 Å². The molecule has 102 valence electrons. The van der Waals surface area contributed by atoms with Crippen LogP contribution in [0.3, 0.4) is 0 Å². The lowest BCUT2D eigenvalue weighted by molar-refractivity contribution is 0.552. The third-order valence-corrected chi connectivity index (χ3v) is 3.82. The minimum absolute atomic E-state index is 0.310. The number of fused-ring (bicyclic) bond motifs is 1. The van der Waals surface area contributed by atoms with Crippen LogP contribution in [-0.2, 0) is 0 Å². The van der Waals surface area contributed by atoms with Crippen LogP contribution in [0.4, 0.5) is 11.4 Å². The summed E-state index contributed by atoms with van der Waals surface area (Å²) in [5, 5.41) is 13.2. The first-order chi connectivity index (χ1) is 10.3. The van der Waals surface area contributed by atoms with Crippen molar-refractivity contribution in [3.63, 3.8) is 0 Å². The quantitative estimate of drug-likeness (QED) is 0.729. The molecular formula is C16H14N5+. The van der Waals surface area contributed by atoms with Crippen LogP contribution in [0.1, 0.15) is 5.69 Å². The van der Waals surface area contributed by atoms with Crippen LogP contribution in [0.15, 0.2) is 60.1 Å². The van der Waals surface area contributed by atoms with Crippen LogP contribution >= 0.6 is 0 Å². The summed E-state index contributed by atoms with van der Waals surface area (Å²) in [5.41, 5.74) is 4.12. The van der Waals surface area contributed by atoms with Crippen molar-refractivity contribution in [2.45, 2.75) is 6.92 Å². The van der Waals surface area contributed by atoms with E-state index >= 15 is 0 Å². The first kappa shape index (κ1) is 12.0. The molecule has 5 heteroatoms. The largest absolute Gasteiger partial charge is 0.282 e. The van der Waals surface area contributed by atoms with Crippen LogP contribution in [0.2, 0.25) is 0 Å². The highest BCUT2D eigenvalue weighted by molar-refractivity contribution is 5.86. The van der Waals surface area contributed by atoms with Gasteiger partial charge >= 0.3 is 0 Å². The zero-order valence-electron chi connectivity index (χ0n) is 11.6. The summed E-state index contributed by atoms with van der Waals surface area (Å²) in [5.74, 6) is 0. The lowest BCUT2D eigenvalue weighted by Crippen LogP contribution is -2.29. The fourth-order valence-corrected chi connectivity index (χ4v) is 2.72. The number of aromatic nitrogens is 3. The molecule has 0 bridgehead atoms. The molecule has 1 N–H and O–H groups in total. The van der Waals surface area contributed by atoms with Crippen molar-refractivity contribution in [2.75, 3.05) is 0 Å². The predicted molar refractivity (Wildman–Crippen MR) is 84.2 cm³/mol. The maximum atomic E-state index is 4.66. The molecule has 2 aromatic heterocycles. The number of allylic oxidation sites excluding steroid dienone is 1. The standard InChI is InChI=1S/C16H14N5/c1-12-15-4-3-14(11-16(15)20-19-12)21(10-2-7-18-21)13-5-8-17-9-6-13/h2-11H,1H3,(H,19,20)/q+1. The molecule has 0 saturated carbocycles. The van der Waals surface area contributed by atoms with Crippen molar-refractivity contribution in [3.8, 4) is 0 Å². The number of rotatable bonds is 2. The fourth-order valence-electron chi connectivity index (χ4n) is 2.72. The molecule has 0 fully saturated rings. The molecule has 21 heavy (non-hydrogen) atoms. The number of quaternary nitrogens is 1. The highest BCUT2D eigenvalue weighted by Crippen LogP contribution is 2.38. The van der Waals surface area contributed by atoms with E-state index in [0.29, 0.717) is 4.59 Å². The van der Waals surface area contributed by atoms with Gasteiger partial charge in [0.05, 0.1) is 11.7 Å². The smallest absolute Gasteiger partial charge is 0.172 e. The number of aromatic amines is 1. The monoisotopic (exact) mass is 276 g/mol. The van der Waals surface area contributed by atoms with E-state index in [2.05, 4.69) is 44.7 Å². The predicted octanol–water partition coefficient (Wildman–Crippen LogP) is 3.42. The molecule has 1 aliphatic rings. The van der Waals surface area contributed by atoms with Crippen molar-refractivity contribution in [1.82, 2.24) is 19.8 Å². The van der Waals surface area contributed by atoms with Gasteiger partial charge in [-0.3, -0.25) is 10.1 Å². The lowest BCUT2D eigenvalue weighted by Gasteiger charge is -2.24. The summed E-state index contributed by atoms with van der Waals surface area (Å²) < 4.78 is 0.310. The van der Waals surface area contributed by atoms with Gasteiger partial charge in [0.1, 0.15) is 6.20 Å². The lowest BCUT2D eigenvalue weighted by atomic mass is 10.1. The third kappa shape index (κ3) is 1.71. The molecule has 3 aromatic rings. The first-order valence-corrected chi connectivity index (χ1v) is 6.78. The Kier molecular flexibility index (Phi) is 2.49. The molecule has 0 radical (unpaired) electrons. The molecule has 0 spiro atoms. The Bertz CT molecular complexity index is 849. The Labute approximate surface area is 121 Å². The van der Waals surface area contributed by atoms with Crippen molar-refractivity contribution >= 4 is 28.5 Å². The molecule has 3 heterocycles. The number of nitrogens with zero attached hydrogens (tertiary/aromatic N) is 4. The summed E-state index contributed by atoms with van der Waals surface area (Å²) in [7, 11) is 0. The van der Waals surface area contributed by atoms with E-state index in [1.165, 1.54) is 0 Å². The van der Waals surface area contributed by atoms with Gasteiger partial charge in [0.25, 0.3) is 0 Å². The van der Waals surface area contributed by atoms with E-state index in [9.17, 15) is 0 Å². The Morgan fingerprint density at radius 2 is 1.90 bits per heavy atom. The third-order valence-electron chi connectivity index (χ3n) is 3.82. The summed E-state index contributed by atoms with van der Waals surface area (Å²) >= 11 is 0. The van der Waals surface area contributed by atoms with Crippen molar-refractivity contribution in [1.29, 1.82) is 0 Å². The number of aryl methyl sites for hydroxylation is 1. The number of nitrogens with one attached hydrogen (secondary N) is 1. The van der Waals surface area contributed by atoms with E-state index in [4.69, 9.17) is 0 Å². The van der Waals surface area contributed by atoms with Gasteiger partial charge in [0, 0.05) is 53.8 Å². The van der Waals surface area contributed by atoms with Gasteiger partial charge in [-0.1, -0.05) is 5.10 Å². The van der Waals surface area contributed by atoms with Gasteiger partial charge < -0.3 is 0 Å². The number of hydrogen-bond donors (Lipinski definition) is 1. The molecule has 1 aliphatic heterocycles. The van der Waals surface area contributed by atoms with Crippen molar-refractivity contribution in [2.24, 2.45) is 5.10 Å². The summed E-state index contributed by atoms with van der Waals surface area (Å²) in [6.07, 6.45) is 9.40. The molecule has 4 rings (SSSR count). The van der Waals surface area contributed by atoms with E-state index in [1.54, 1.807) is 12.4 Å². The van der Waals surface area contributed by atoms with E-state index in [-0.39, 0.29) is 0 Å². The number of hydrogen-bond acceptors (Lipinski definition) is 3. The second-order valence-electron chi connectivity index (χ2n) is 5.05. The Balaban J connectivity index is 1.95. The molecule has 0 saturated heterocycles. The second kappa shape index (κ2) is 4.36. The highest BCUT2D eigenvalue weighted by atomic mass is 15.6. The average molecular weight is 276 g/mol. The molecule has 0 amide bonds. The zero-order chi connectivity index (χ0) is 14.3. The van der Waals surface area contributed by atoms with Crippen LogP contribution in [0.25, 0.3) is 10.9 Å². The van der Waals surface area contributed by atoms with Crippen molar-refractivity contribution < 1.29 is 0 Å². The molecular weight excluding hydrogens is 262 g/mol. The summed E-state index contributed by atoms with van der Waals surface area (Å²) in [6, 6.07) is 10.2. The van der Waals surface area contributed by atoms with Gasteiger partial charge in [0.2, 0.25) is 0 Å². The van der Waals surface area contributed by atoms with Crippen LogP contribution in [0, 0.1) is 6.92 Å². The van der Waals surface area contributed by atoms with E-state index < -0.39 is 0 Å². The Hall–Kier alpha value is -2.79. The minimum atomic E-state index is 0.310. The average Bonchev–Trinajstić information content (AvgIpc) is 3.16. The maximum Gasteiger partial charge on any atom is 0.172 e. The zero-order valence-corrected chi connectivity index (χ0v) is 11.6. The SMILES string of the molecule is Cc1[nH]nc2cc([N+]3(c4ccncc4)C=CC=N3)ccc12. The van der Waals surface area contributed by atoms with Gasteiger partial charge in [-0.05, 0) is 13.0 Å². The molecule has 1 atom stereocenters. The van der Waals surface area contributed by atoms with Crippen LogP contribution < -0.4 is 4.59 Å². The second-order valence-corrected chi connectivity index (χ2v) is 5.05. The summed E-state index contributed by atoms with van der Waals surface area (Å²) in [4.78, 5) is 4.09. The van der Waals surface area contributed by atoms with Crippen LogP contribution in [0.5, 0.6) is 0 Å². The van der Waals surface area contributed by atoms with E-state index in [0.717, 1.165) is 28.0 Å². The molecule has 1 aromatic carbocycles. The van der Waals surface area contributed by atoms with Gasteiger partial charge in [0.15, 0.2) is 11.4 Å². The van der Waals surface area contributed by atoms with E-state index in [1.807, 2.05) is 31.3 Å². The highest BCUT2D eigenvalue weighted by Gasteiger charge is 2.34. The maximum absolute atomic E-state index is 4.66. The Morgan fingerprint density at radius 3 is 2.67 bits per heavy atom. The first-order valence-electron chi connectivity index (χ1n) is 6.78. The number of pyridine rings is 1. The number of benzene rings is 1. The number of H-pyrrole nitrogens is 1. The minimum Gasteiger partial charge on any atom is -0.282 e. The van der Waals surface area contributed by atoms with Crippen molar-refractivity contribution in [3.05, 3.63) is 60.7 Å². The fraction of sp³-hybridized carbons (Fsp3) is 0.0625. The van der Waals surface area contributed by atoms with Gasteiger partial charge in [-0.15, -0.1) is 4.59 Å². The Morgan fingerprint density at radius 1 is 1.05 bits per heavy atom.